The Balaban J connectivity index is 2.58. The summed E-state index contributed by atoms with van der Waals surface area (Å²) in [7, 11) is 0. The minimum Gasteiger partial charge on any atom is -0.326 e. The molecule has 5 nitrogen and oxygen atoms in total. The molecule has 0 aliphatic heterocycles. The molecule has 0 saturated carbocycles. The number of carbonyl (C=O) groups is 3. The summed E-state index contributed by atoms with van der Waals surface area (Å²) in [6.07, 6.45) is 0. The van der Waals surface area contributed by atoms with Gasteiger partial charge in [-0.15, -0.1) is 0 Å². The first-order valence-electron chi connectivity index (χ1n) is 7.18. The molecule has 2 N–H and O–H groups in total. The summed E-state index contributed by atoms with van der Waals surface area (Å²) in [6, 6.07) is 12.5. The smallest absolute Gasteiger partial charge is 0.221 e. The van der Waals surface area contributed by atoms with Crippen LogP contribution in [0.25, 0.3) is 11.1 Å². The lowest BCUT2D eigenvalue weighted by Gasteiger charge is -2.14. The Morgan fingerprint density at radius 3 is 2.09 bits per heavy atom. The van der Waals surface area contributed by atoms with E-state index >= 15 is 0 Å². The van der Waals surface area contributed by atoms with E-state index in [1.807, 2.05) is 12.1 Å². The van der Waals surface area contributed by atoms with Crippen LogP contribution in [0.4, 0.5) is 11.4 Å². The summed E-state index contributed by atoms with van der Waals surface area (Å²) >= 11 is 0. The maximum absolute atomic E-state index is 11.8. The molecule has 0 atom stereocenters. The zero-order valence-electron chi connectivity index (χ0n) is 13.3. The van der Waals surface area contributed by atoms with Crippen LogP contribution >= 0.6 is 0 Å². The van der Waals surface area contributed by atoms with E-state index in [4.69, 9.17) is 0 Å². The fourth-order valence-electron chi connectivity index (χ4n) is 2.36. The summed E-state index contributed by atoms with van der Waals surface area (Å²) in [5.41, 5.74) is 3.09. The van der Waals surface area contributed by atoms with E-state index in [-0.39, 0.29) is 17.6 Å². The van der Waals surface area contributed by atoms with Crippen LogP contribution in [0.5, 0.6) is 0 Å². The number of nitrogens with one attached hydrogen (secondary N) is 2. The van der Waals surface area contributed by atoms with Crippen molar-refractivity contribution in [2.75, 3.05) is 10.6 Å². The van der Waals surface area contributed by atoms with E-state index in [1.165, 1.54) is 20.8 Å². The molecule has 0 heterocycles. The minimum atomic E-state index is -0.252. The number of benzene rings is 2. The van der Waals surface area contributed by atoms with Crippen molar-refractivity contribution in [2.45, 2.75) is 20.8 Å². The molecular weight excluding hydrogens is 292 g/mol. The van der Waals surface area contributed by atoms with Gasteiger partial charge in [-0.05, 0) is 30.7 Å². The fraction of sp³-hybridized carbons (Fsp3) is 0.167. The van der Waals surface area contributed by atoms with E-state index in [2.05, 4.69) is 10.6 Å². The first-order chi connectivity index (χ1) is 10.9. The molecule has 0 saturated heterocycles. The number of ketones is 1. The lowest BCUT2D eigenvalue weighted by atomic mass is 9.97. The van der Waals surface area contributed by atoms with Gasteiger partial charge in [-0.2, -0.15) is 0 Å². The Hall–Kier alpha value is -2.95. The third-order valence-corrected chi connectivity index (χ3v) is 3.24. The maximum Gasteiger partial charge on any atom is 0.221 e. The Labute approximate surface area is 134 Å². The fourth-order valence-corrected chi connectivity index (χ4v) is 2.36. The molecule has 2 rings (SSSR count). The molecule has 2 aromatic carbocycles. The third kappa shape index (κ3) is 4.03. The molecule has 0 spiro atoms. The second kappa shape index (κ2) is 6.87. The van der Waals surface area contributed by atoms with Crippen LogP contribution in [0.2, 0.25) is 0 Å². The van der Waals surface area contributed by atoms with Crippen LogP contribution in [0.3, 0.4) is 0 Å². The Bertz CT molecular complexity index is 782. The van der Waals surface area contributed by atoms with Crippen LogP contribution in [0.1, 0.15) is 31.1 Å². The maximum atomic E-state index is 11.8. The van der Waals surface area contributed by atoms with Crippen molar-refractivity contribution in [2.24, 2.45) is 0 Å². The SMILES string of the molecule is CC(=O)Nc1cccc(-c2cccc(C(C)=O)c2NC(C)=O)c1. The van der Waals surface area contributed by atoms with Gasteiger partial charge in [0.15, 0.2) is 5.78 Å². The van der Waals surface area contributed by atoms with Gasteiger partial charge in [0, 0.05) is 30.7 Å². The van der Waals surface area contributed by atoms with E-state index in [9.17, 15) is 14.4 Å². The molecule has 0 unspecified atom stereocenters. The molecule has 0 radical (unpaired) electrons. The summed E-state index contributed by atoms with van der Waals surface area (Å²) in [5.74, 6) is -0.548. The summed E-state index contributed by atoms with van der Waals surface area (Å²) in [4.78, 5) is 34.5. The normalized spacial score (nSPS) is 10.0. The second-order valence-corrected chi connectivity index (χ2v) is 5.23. The van der Waals surface area contributed by atoms with Gasteiger partial charge in [0.2, 0.25) is 11.8 Å². The summed E-state index contributed by atoms with van der Waals surface area (Å²) in [5, 5.41) is 5.45. The molecule has 0 fully saturated rings. The third-order valence-electron chi connectivity index (χ3n) is 3.24. The molecule has 23 heavy (non-hydrogen) atoms. The molecule has 2 amide bonds. The molecule has 118 valence electrons. The van der Waals surface area contributed by atoms with Gasteiger partial charge in [0.1, 0.15) is 0 Å². The van der Waals surface area contributed by atoms with E-state index in [0.717, 1.165) is 11.1 Å². The average molecular weight is 310 g/mol. The number of amides is 2. The van der Waals surface area contributed by atoms with E-state index in [1.54, 1.807) is 30.3 Å². The van der Waals surface area contributed by atoms with Crippen LogP contribution in [0, 0.1) is 0 Å². The van der Waals surface area contributed by atoms with Gasteiger partial charge in [0.05, 0.1) is 5.69 Å². The number of hydrogen-bond donors (Lipinski definition) is 2. The zero-order valence-corrected chi connectivity index (χ0v) is 13.3. The highest BCUT2D eigenvalue weighted by atomic mass is 16.2. The Kier molecular flexibility index (Phi) is 4.91. The number of Topliss-reactive ketones (excluding diaryl/α,β-unsaturated/α-hetero) is 1. The highest BCUT2D eigenvalue weighted by Gasteiger charge is 2.14. The van der Waals surface area contributed by atoms with Crippen molar-refractivity contribution in [3.63, 3.8) is 0 Å². The van der Waals surface area contributed by atoms with Gasteiger partial charge in [-0.3, -0.25) is 14.4 Å². The molecule has 0 aliphatic carbocycles. The molecule has 2 aromatic rings. The molecule has 0 bridgehead atoms. The predicted octanol–water partition coefficient (Wildman–Crippen LogP) is 3.47. The minimum absolute atomic E-state index is 0.131. The van der Waals surface area contributed by atoms with Gasteiger partial charge in [0.25, 0.3) is 0 Å². The Morgan fingerprint density at radius 1 is 0.826 bits per heavy atom. The first-order valence-corrected chi connectivity index (χ1v) is 7.18. The topological polar surface area (TPSA) is 75.3 Å². The van der Waals surface area contributed by atoms with Crippen LogP contribution in [0.15, 0.2) is 42.5 Å². The average Bonchev–Trinajstić information content (AvgIpc) is 2.46. The highest BCUT2D eigenvalue weighted by Crippen LogP contribution is 2.32. The van der Waals surface area contributed by atoms with Gasteiger partial charge in [-0.25, -0.2) is 0 Å². The predicted molar refractivity (Wildman–Crippen MR) is 90.5 cm³/mol. The van der Waals surface area contributed by atoms with Gasteiger partial charge < -0.3 is 10.6 Å². The lowest BCUT2D eigenvalue weighted by molar-refractivity contribution is -0.115. The zero-order chi connectivity index (χ0) is 17.0. The molecule has 0 aliphatic rings. The monoisotopic (exact) mass is 310 g/mol. The first kappa shape index (κ1) is 16.4. The van der Waals surface area contributed by atoms with Crippen molar-refractivity contribution >= 4 is 29.0 Å². The number of anilines is 2. The van der Waals surface area contributed by atoms with Crippen molar-refractivity contribution < 1.29 is 14.4 Å². The van der Waals surface area contributed by atoms with Crippen LogP contribution < -0.4 is 10.6 Å². The van der Waals surface area contributed by atoms with E-state index in [0.29, 0.717) is 16.9 Å². The van der Waals surface area contributed by atoms with Crippen molar-refractivity contribution in [3.8, 4) is 11.1 Å². The largest absolute Gasteiger partial charge is 0.326 e. The standard InChI is InChI=1S/C18H18N2O3/c1-11(21)16-8-5-9-17(18(16)20-13(3)23)14-6-4-7-15(10-14)19-12(2)22/h4-10H,1-3H3,(H,19,22)(H,20,23). The molecule has 0 aromatic heterocycles. The highest BCUT2D eigenvalue weighted by molar-refractivity contribution is 6.07. The van der Waals surface area contributed by atoms with Gasteiger partial charge in [-0.1, -0.05) is 24.3 Å². The number of para-hydroxylation sites is 1. The summed E-state index contributed by atoms with van der Waals surface area (Å²) < 4.78 is 0. The molecule has 5 heteroatoms. The van der Waals surface area contributed by atoms with Crippen molar-refractivity contribution in [1.29, 1.82) is 0 Å². The number of hydrogen-bond acceptors (Lipinski definition) is 3. The van der Waals surface area contributed by atoms with Crippen molar-refractivity contribution in [1.82, 2.24) is 0 Å². The summed E-state index contributed by atoms with van der Waals surface area (Å²) in [6.45, 7) is 4.29. The quantitative estimate of drug-likeness (QED) is 0.849. The van der Waals surface area contributed by atoms with Crippen LogP contribution in [-0.4, -0.2) is 17.6 Å². The number of rotatable bonds is 4. The van der Waals surface area contributed by atoms with E-state index < -0.39 is 0 Å². The number of carbonyl (C=O) groups excluding carboxylic acids is 3. The molecular formula is C18H18N2O3. The van der Waals surface area contributed by atoms with Crippen LogP contribution in [-0.2, 0) is 9.59 Å². The Morgan fingerprint density at radius 2 is 1.48 bits per heavy atom. The lowest BCUT2D eigenvalue weighted by Crippen LogP contribution is -2.11. The second-order valence-electron chi connectivity index (χ2n) is 5.23. The van der Waals surface area contributed by atoms with Crippen molar-refractivity contribution in [3.05, 3.63) is 48.0 Å². The van der Waals surface area contributed by atoms with Gasteiger partial charge >= 0.3 is 0 Å².